The molecule has 19 heavy (non-hydrogen) atoms. The molecule has 0 aliphatic carbocycles. The van der Waals surface area contributed by atoms with Crippen molar-refractivity contribution in [2.24, 2.45) is 0 Å². The second kappa shape index (κ2) is 4.76. The lowest BCUT2D eigenvalue weighted by molar-refractivity contribution is -0.136. The van der Waals surface area contributed by atoms with Crippen LogP contribution in [0.15, 0.2) is 18.2 Å². The Morgan fingerprint density at radius 1 is 1.32 bits per heavy atom. The van der Waals surface area contributed by atoms with Crippen molar-refractivity contribution < 1.29 is 9.53 Å². The van der Waals surface area contributed by atoms with Crippen LogP contribution in [0, 0.1) is 0 Å². The number of carbonyl (C=O) groups excluding carboxylic acids is 1. The van der Waals surface area contributed by atoms with Crippen molar-refractivity contribution in [3.05, 3.63) is 18.2 Å². The number of fused-ring (bicyclic) bond motifs is 1. The Morgan fingerprint density at radius 3 is 2.47 bits per heavy atom. The molecule has 0 atom stereocenters. The summed E-state index contributed by atoms with van der Waals surface area (Å²) in [4.78, 5) is 14.6. The maximum absolute atomic E-state index is 12.8. The van der Waals surface area contributed by atoms with Crippen LogP contribution in [-0.4, -0.2) is 17.6 Å². The Bertz CT molecular complexity index is 493. The molecule has 4 heteroatoms. The van der Waals surface area contributed by atoms with Gasteiger partial charge in [-0.2, -0.15) is 0 Å². The zero-order valence-corrected chi connectivity index (χ0v) is 12.1. The van der Waals surface area contributed by atoms with Gasteiger partial charge in [0.1, 0.15) is 5.75 Å². The smallest absolute Gasteiger partial charge is 0.271 e. The summed E-state index contributed by atoms with van der Waals surface area (Å²) in [5, 5.41) is 0. The minimum absolute atomic E-state index is 0.0330. The van der Waals surface area contributed by atoms with Gasteiger partial charge >= 0.3 is 0 Å². The number of rotatable bonds is 3. The van der Waals surface area contributed by atoms with E-state index in [0.717, 1.165) is 11.4 Å². The third-order valence-electron chi connectivity index (χ3n) is 3.82. The number of benzene rings is 1. The molecule has 0 fully saturated rings. The van der Waals surface area contributed by atoms with Crippen LogP contribution in [0.2, 0.25) is 0 Å². The first-order chi connectivity index (χ1) is 8.95. The third-order valence-corrected chi connectivity index (χ3v) is 3.82. The first-order valence-electron chi connectivity index (χ1n) is 6.87. The number of amides is 1. The molecule has 1 aromatic carbocycles. The lowest BCUT2D eigenvalue weighted by atomic mass is 9.92. The van der Waals surface area contributed by atoms with E-state index in [1.165, 1.54) is 0 Å². The van der Waals surface area contributed by atoms with Gasteiger partial charge in [-0.05, 0) is 44.9 Å². The van der Waals surface area contributed by atoms with Crippen molar-refractivity contribution in [3.63, 3.8) is 0 Å². The third kappa shape index (κ3) is 2.05. The summed E-state index contributed by atoms with van der Waals surface area (Å²) < 4.78 is 6.02. The van der Waals surface area contributed by atoms with Gasteiger partial charge in [0.15, 0.2) is 5.60 Å². The van der Waals surface area contributed by atoms with Crippen LogP contribution in [-0.2, 0) is 4.79 Å². The van der Waals surface area contributed by atoms with Crippen LogP contribution >= 0.6 is 0 Å². The fourth-order valence-electron chi connectivity index (χ4n) is 2.60. The fourth-order valence-corrected chi connectivity index (χ4v) is 2.60. The molecule has 104 valence electrons. The Balaban J connectivity index is 2.59. The van der Waals surface area contributed by atoms with Crippen molar-refractivity contribution in [3.8, 4) is 5.75 Å². The predicted octanol–water partition coefficient (Wildman–Crippen LogP) is 2.96. The summed E-state index contributed by atoms with van der Waals surface area (Å²) in [6, 6.07) is 5.55. The van der Waals surface area contributed by atoms with Gasteiger partial charge < -0.3 is 15.4 Å². The molecule has 1 aliphatic rings. The molecule has 1 amide bonds. The van der Waals surface area contributed by atoms with E-state index < -0.39 is 5.60 Å². The Morgan fingerprint density at radius 2 is 1.95 bits per heavy atom. The number of hydrogen-bond acceptors (Lipinski definition) is 3. The molecule has 0 spiro atoms. The minimum Gasteiger partial charge on any atom is -0.475 e. The number of nitrogens with zero attached hydrogens (tertiary/aromatic N) is 1. The zero-order chi connectivity index (χ0) is 14.2. The Labute approximate surface area is 114 Å². The van der Waals surface area contributed by atoms with Gasteiger partial charge in [-0.1, -0.05) is 13.8 Å². The number of anilines is 2. The lowest BCUT2D eigenvalue weighted by Crippen LogP contribution is -2.57. The molecule has 1 aliphatic heterocycles. The molecule has 1 aromatic rings. The van der Waals surface area contributed by atoms with Crippen LogP contribution in [0.25, 0.3) is 0 Å². The average molecular weight is 262 g/mol. The van der Waals surface area contributed by atoms with Crippen LogP contribution in [0.4, 0.5) is 11.4 Å². The Hall–Kier alpha value is -1.71. The molecule has 2 N–H and O–H groups in total. The SMILES string of the molecule is CCC1(CC)Oc2ccc(N)cc2N(C(C)C)C1=O. The zero-order valence-electron chi connectivity index (χ0n) is 12.1. The van der Waals surface area contributed by atoms with E-state index in [-0.39, 0.29) is 11.9 Å². The minimum atomic E-state index is -0.743. The van der Waals surface area contributed by atoms with Gasteiger partial charge in [0, 0.05) is 11.7 Å². The molecule has 0 bridgehead atoms. The van der Waals surface area contributed by atoms with Crippen LogP contribution in [0.5, 0.6) is 5.75 Å². The summed E-state index contributed by atoms with van der Waals surface area (Å²) in [7, 11) is 0. The molecule has 0 radical (unpaired) electrons. The maximum Gasteiger partial charge on any atom is 0.271 e. The van der Waals surface area contributed by atoms with Gasteiger partial charge in [-0.3, -0.25) is 4.79 Å². The van der Waals surface area contributed by atoms with Crippen molar-refractivity contribution in [1.82, 2.24) is 0 Å². The summed E-state index contributed by atoms with van der Waals surface area (Å²) in [5.74, 6) is 0.775. The topological polar surface area (TPSA) is 55.6 Å². The highest BCUT2D eigenvalue weighted by atomic mass is 16.5. The van der Waals surface area contributed by atoms with Crippen molar-refractivity contribution in [2.45, 2.75) is 52.2 Å². The Kier molecular flexibility index (Phi) is 3.43. The average Bonchev–Trinajstić information content (AvgIpc) is 2.38. The normalized spacial score (nSPS) is 17.3. The highest BCUT2D eigenvalue weighted by Gasteiger charge is 2.46. The number of carbonyl (C=O) groups is 1. The first kappa shape index (κ1) is 13.7. The summed E-state index contributed by atoms with van der Waals surface area (Å²) in [6.45, 7) is 7.99. The molecule has 1 heterocycles. The van der Waals surface area contributed by atoms with Crippen molar-refractivity contribution in [2.75, 3.05) is 10.6 Å². The molecular formula is C15H22N2O2. The standard InChI is InChI=1S/C15H22N2O2/c1-5-15(6-2)14(18)17(10(3)4)12-9-11(16)7-8-13(12)19-15/h7-10H,5-6,16H2,1-4H3. The molecule has 4 nitrogen and oxygen atoms in total. The summed E-state index contributed by atoms with van der Waals surface area (Å²) in [5.41, 5.74) is 6.50. The number of ether oxygens (including phenoxy) is 1. The van der Waals surface area contributed by atoms with E-state index in [9.17, 15) is 4.79 Å². The quantitative estimate of drug-likeness (QED) is 0.852. The van der Waals surface area contributed by atoms with Gasteiger partial charge in [-0.25, -0.2) is 0 Å². The van der Waals surface area contributed by atoms with E-state index in [0.29, 0.717) is 18.5 Å². The van der Waals surface area contributed by atoms with E-state index >= 15 is 0 Å². The number of nitrogens with two attached hydrogens (primary N) is 1. The van der Waals surface area contributed by atoms with Crippen LogP contribution in [0.3, 0.4) is 0 Å². The van der Waals surface area contributed by atoms with E-state index in [1.807, 2.05) is 50.8 Å². The van der Waals surface area contributed by atoms with Crippen LogP contribution < -0.4 is 15.4 Å². The van der Waals surface area contributed by atoms with Crippen molar-refractivity contribution >= 4 is 17.3 Å². The second-order valence-corrected chi connectivity index (χ2v) is 5.30. The van der Waals surface area contributed by atoms with Gasteiger partial charge in [0.25, 0.3) is 5.91 Å². The molecule has 0 unspecified atom stereocenters. The van der Waals surface area contributed by atoms with Gasteiger partial charge in [-0.15, -0.1) is 0 Å². The van der Waals surface area contributed by atoms with Gasteiger partial charge in [0.05, 0.1) is 5.69 Å². The summed E-state index contributed by atoms with van der Waals surface area (Å²) >= 11 is 0. The monoisotopic (exact) mass is 262 g/mol. The van der Waals surface area contributed by atoms with E-state index in [4.69, 9.17) is 10.5 Å². The number of nitrogen functional groups attached to an aromatic ring is 1. The van der Waals surface area contributed by atoms with Crippen LogP contribution in [0.1, 0.15) is 40.5 Å². The molecule has 2 rings (SSSR count). The van der Waals surface area contributed by atoms with Crippen molar-refractivity contribution in [1.29, 1.82) is 0 Å². The highest BCUT2D eigenvalue weighted by Crippen LogP contribution is 2.42. The molecular weight excluding hydrogens is 240 g/mol. The molecule has 0 aromatic heterocycles. The highest BCUT2D eigenvalue weighted by molar-refractivity contribution is 6.03. The van der Waals surface area contributed by atoms with E-state index in [1.54, 1.807) is 0 Å². The fraction of sp³-hybridized carbons (Fsp3) is 0.533. The maximum atomic E-state index is 12.8. The predicted molar refractivity (Wildman–Crippen MR) is 77.4 cm³/mol. The molecule has 0 saturated carbocycles. The largest absolute Gasteiger partial charge is 0.475 e. The van der Waals surface area contributed by atoms with Gasteiger partial charge in [0.2, 0.25) is 0 Å². The lowest BCUT2D eigenvalue weighted by Gasteiger charge is -2.43. The molecule has 0 saturated heterocycles. The first-order valence-corrected chi connectivity index (χ1v) is 6.87. The van der Waals surface area contributed by atoms with E-state index in [2.05, 4.69) is 0 Å². The second-order valence-electron chi connectivity index (χ2n) is 5.30. The number of hydrogen-bond donors (Lipinski definition) is 1. The summed E-state index contributed by atoms with van der Waals surface area (Å²) in [6.07, 6.45) is 1.32.